The maximum atomic E-state index is 12.7. The monoisotopic (exact) mass is 290 g/mol. The Kier molecular flexibility index (Phi) is 3.87. The van der Waals surface area contributed by atoms with E-state index in [1.165, 1.54) is 0 Å². The van der Waals surface area contributed by atoms with Gasteiger partial charge in [-0.3, -0.25) is 9.78 Å². The first-order valence-corrected chi connectivity index (χ1v) is 7.43. The van der Waals surface area contributed by atoms with Gasteiger partial charge in [0.2, 0.25) is 5.91 Å². The largest absolute Gasteiger partial charge is 0.378 e. The zero-order chi connectivity index (χ0) is 15.9. The van der Waals surface area contributed by atoms with Crippen molar-refractivity contribution in [3.63, 3.8) is 0 Å². The Morgan fingerprint density at radius 3 is 2.52 bits per heavy atom. The van der Waals surface area contributed by atoms with Crippen LogP contribution in [0.15, 0.2) is 24.4 Å². The fourth-order valence-electron chi connectivity index (χ4n) is 2.91. The van der Waals surface area contributed by atoms with Crippen molar-refractivity contribution in [2.45, 2.75) is 58.1 Å². The molecule has 21 heavy (non-hydrogen) atoms. The summed E-state index contributed by atoms with van der Waals surface area (Å²) >= 11 is 0. The number of nitrogens with one attached hydrogen (secondary N) is 1. The number of ether oxygens (including phenoxy) is 1. The molecule has 1 fully saturated rings. The van der Waals surface area contributed by atoms with Crippen LogP contribution >= 0.6 is 0 Å². The second kappa shape index (κ2) is 5.09. The van der Waals surface area contributed by atoms with Gasteiger partial charge in [-0.2, -0.15) is 0 Å². The molecule has 0 bridgehead atoms. The molecule has 4 nitrogen and oxygen atoms in total. The first kappa shape index (κ1) is 16.0. The van der Waals surface area contributed by atoms with Gasteiger partial charge in [-0.1, -0.05) is 19.9 Å². The number of rotatable bonds is 4. The van der Waals surface area contributed by atoms with Crippen LogP contribution in [0.4, 0.5) is 0 Å². The van der Waals surface area contributed by atoms with E-state index in [0.29, 0.717) is 0 Å². The van der Waals surface area contributed by atoms with Crippen molar-refractivity contribution in [3.8, 4) is 0 Å². The molecule has 1 amide bonds. The van der Waals surface area contributed by atoms with Crippen molar-refractivity contribution in [1.29, 1.82) is 0 Å². The van der Waals surface area contributed by atoms with E-state index >= 15 is 0 Å². The minimum Gasteiger partial charge on any atom is -0.378 e. The number of nitrogens with zero attached hydrogens (tertiary/aromatic N) is 1. The molecule has 1 aromatic rings. The second-order valence-electron chi connectivity index (χ2n) is 7.23. The highest BCUT2D eigenvalue weighted by molar-refractivity contribution is 5.87. The van der Waals surface area contributed by atoms with Crippen LogP contribution in [0.5, 0.6) is 0 Å². The maximum Gasteiger partial charge on any atom is 0.231 e. The van der Waals surface area contributed by atoms with E-state index in [9.17, 15) is 4.79 Å². The lowest BCUT2D eigenvalue weighted by atomic mass is 9.55. The molecule has 0 spiro atoms. The minimum absolute atomic E-state index is 0.0115. The number of hydrogen-bond acceptors (Lipinski definition) is 3. The zero-order valence-electron chi connectivity index (χ0n) is 13.9. The lowest BCUT2D eigenvalue weighted by Gasteiger charge is -2.59. The third-order valence-electron chi connectivity index (χ3n) is 5.46. The number of carbonyl (C=O) groups excluding carboxylic acids is 1. The van der Waals surface area contributed by atoms with E-state index in [1.807, 2.05) is 32.0 Å². The zero-order valence-corrected chi connectivity index (χ0v) is 13.9. The molecule has 0 radical (unpaired) electrons. The number of aromatic nitrogens is 1. The van der Waals surface area contributed by atoms with Crippen molar-refractivity contribution in [2.24, 2.45) is 5.41 Å². The summed E-state index contributed by atoms with van der Waals surface area (Å²) in [6.45, 7) is 10.2. The van der Waals surface area contributed by atoms with E-state index < -0.39 is 5.41 Å². The third-order valence-corrected chi connectivity index (χ3v) is 5.46. The van der Waals surface area contributed by atoms with Gasteiger partial charge < -0.3 is 10.1 Å². The quantitative estimate of drug-likeness (QED) is 0.927. The highest BCUT2D eigenvalue weighted by Gasteiger charge is 2.58. The van der Waals surface area contributed by atoms with Gasteiger partial charge in [-0.05, 0) is 39.3 Å². The van der Waals surface area contributed by atoms with Crippen molar-refractivity contribution in [3.05, 3.63) is 30.1 Å². The molecule has 116 valence electrons. The Bertz CT molecular complexity index is 525. The normalized spacial score (nSPS) is 27.8. The lowest BCUT2D eigenvalue weighted by molar-refractivity contribution is -0.183. The maximum absolute atomic E-state index is 12.7. The van der Waals surface area contributed by atoms with E-state index in [4.69, 9.17) is 4.74 Å². The first-order valence-electron chi connectivity index (χ1n) is 7.43. The van der Waals surface area contributed by atoms with Crippen LogP contribution in [0.25, 0.3) is 0 Å². The van der Waals surface area contributed by atoms with Crippen LogP contribution in [0.2, 0.25) is 0 Å². The number of pyridine rings is 1. The lowest BCUT2D eigenvalue weighted by Crippen LogP contribution is -2.69. The highest BCUT2D eigenvalue weighted by atomic mass is 16.5. The molecule has 0 aromatic carbocycles. The van der Waals surface area contributed by atoms with Crippen molar-refractivity contribution in [1.82, 2.24) is 10.3 Å². The van der Waals surface area contributed by atoms with Crippen LogP contribution in [0, 0.1) is 5.41 Å². The Hall–Kier alpha value is -1.42. The van der Waals surface area contributed by atoms with Gasteiger partial charge in [0.1, 0.15) is 0 Å². The Balaban J connectivity index is 2.10. The van der Waals surface area contributed by atoms with Crippen molar-refractivity contribution in [2.75, 3.05) is 7.11 Å². The Morgan fingerprint density at radius 1 is 1.38 bits per heavy atom. The van der Waals surface area contributed by atoms with E-state index in [0.717, 1.165) is 12.1 Å². The molecule has 1 saturated carbocycles. The summed E-state index contributed by atoms with van der Waals surface area (Å²) in [4.78, 5) is 17.0. The van der Waals surface area contributed by atoms with Gasteiger partial charge >= 0.3 is 0 Å². The number of methoxy groups -OCH3 is 1. The van der Waals surface area contributed by atoms with Crippen LogP contribution in [0.1, 0.15) is 46.7 Å². The molecule has 2 rings (SSSR count). The average Bonchev–Trinajstić information content (AvgIpc) is 2.47. The molecule has 4 heteroatoms. The second-order valence-corrected chi connectivity index (χ2v) is 7.23. The van der Waals surface area contributed by atoms with Gasteiger partial charge in [0.15, 0.2) is 0 Å². The third kappa shape index (κ3) is 2.46. The van der Waals surface area contributed by atoms with Crippen molar-refractivity contribution >= 4 is 5.91 Å². The van der Waals surface area contributed by atoms with Crippen LogP contribution in [-0.2, 0) is 14.9 Å². The van der Waals surface area contributed by atoms with Crippen molar-refractivity contribution < 1.29 is 9.53 Å². The summed E-state index contributed by atoms with van der Waals surface area (Å²) in [5.74, 6) is 0.0115. The molecule has 1 N–H and O–H groups in total. The molecular weight excluding hydrogens is 264 g/mol. The molecular formula is C17H26N2O2. The Labute approximate surface area is 127 Å². The molecule has 0 unspecified atom stereocenters. The fourth-order valence-corrected chi connectivity index (χ4v) is 2.91. The number of carbonyl (C=O) groups is 1. The van der Waals surface area contributed by atoms with Crippen LogP contribution in [0.3, 0.4) is 0 Å². The van der Waals surface area contributed by atoms with Crippen LogP contribution in [-0.4, -0.2) is 29.6 Å². The summed E-state index contributed by atoms with van der Waals surface area (Å²) in [5.41, 5.74) is -0.122. The SMILES string of the molecule is CO[C@]1(C)C[C@@H](NC(=O)C(C)(C)c2ccccn2)C1(C)C. The fraction of sp³-hybridized carbons (Fsp3) is 0.647. The van der Waals surface area contributed by atoms with E-state index in [-0.39, 0.29) is 23.0 Å². The summed E-state index contributed by atoms with van der Waals surface area (Å²) in [5, 5.41) is 3.18. The summed E-state index contributed by atoms with van der Waals surface area (Å²) in [7, 11) is 1.73. The molecule has 0 saturated heterocycles. The first-order chi connectivity index (χ1) is 9.65. The smallest absolute Gasteiger partial charge is 0.231 e. The topological polar surface area (TPSA) is 51.2 Å². The predicted molar refractivity (Wildman–Crippen MR) is 83.0 cm³/mol. The van der Waals surface area contributed by atoms with Gasteiger partial charge in [0.05, 0.1) is 16.7 Å². The average molecular weight is 290 g/mol. The minimum atomic E-state index is -0.642. The standard InChI is InChI=1S/C17H26N2O2/c1-15(2,12-9-7-8-10-18-12)14(20)19-13-11-17(5,21-6)16(13,3)4/h7-10,13H,11H2,1-6H3,(H,19,20)/t13-,17-/m1/s1. The van der Waals surface area contributed by atoms with E-state index in [1.54, 1.807) is 13.3 Å². The van der Waals surface area contributed by atoms with Crippen LogP contribution < -0.4 is 5.32 Å². The molecule has 1 heterocycles. The van der Waals surface area contributed by atoms with Gasteiger partial charge in [0.25, 0.3) is 0 Å². The van der Waals surface area contributed by atoms with E-state index in [2.05, 4.69) is 31.1 Å². The number of hydrogen-bond donors (Lipinski definition) is 1. The summed E-state index contributed by atoms with van der Waals surface area (Å²) in [6, 6.07) is 5.78. The molecule has 1 aromatic heterocycles. The summed E-state index contributed by atoms with van der Waals surface area (Å²) in [6.07, 6.45) is 2.56. The molecule has 0 aliphatic heterocycles. The highest BCUT2D eigenvalue weighted by Crippen LogP contribution is 2.51. The van der Waals surface area contributed by atoms with Gasteiger partial charge in [-0.25, -0.2) is 0 Å². The Morgan fingerprint density at radius 2 is 2.05 bits per heavy atom. The molecule has 1 aliphatic carbocycles. The predicted octanol–water partition coefficient (Wildman–Crippen LogP) is 2.68. The summed E-state index contributed by atoms with van der Waals surface area (Å²) < 4.78 is 5.61. The number of amides is 1. The molecule has 2 atom stereocenters. The van der Waals surface area contributed by atoms with Gasteiger partial charge in [-0.15, -0.1) is 0 Å². The molecule has 1 aliphatic rings. The van der Waals surface area contributed by atoms with Gasteiger partial charge in [0, 0.05) is 24.8 Å².